The molecule has 1 aromatic rings. The Morgan fingerprint density at radius 2 is 1.74 bits per heavy atom. The van der Waals surface area contributed by atoms with Gasteiger partial charge in [-0.1, -0.05) is 31.4 Å². The van der Waals surface area contributed by atoms with Crippen LogP contribution in [0.25, 0.3) is 5.53 Å². The first-order valence-electron chi connectivity index (χ1n) is 7.19. The van der Waals surface area contributed by atoms with Crippen LogP contribution in [0.1, 0.15) is 32.1 Å². The Labute approximate surface area is 135 Å². The standard InChI is InChI=1S/C14H18N2O5S2/c1-21-12-9-5-6-10-13(12)23(19,20)14(16-15)22(17,18)11-7-3-2-4-8-11/h5-6,9-11H,2-4,7-8H2,1H3. The van der Waals surface area contributed by atoms with E-state index in [1.165, 1.54) is 25.3 Å². The van der Waals surface area contributed by atoms with Crippen molar-refractivity contribution < 1.29 is 26.4 Å². The van der Waals surface area contributed by atoms with E-state index in [0.29, 0.717) is 25.7 Å². The summed E-state index contributed by atoms with van der Waals surface area (Å²) >= 11 is 0. The number of nitrogens with zero attached hydrogens (tertiary/aromatic N) is 2. The van der Waals surface area contributed by atoms with Gasteiger partial charge >= 0.3 is 4.38 Å². The van der Waals surface area contributed by atoms with Gasteiger partial charge in [0.15, 0.2) is 0 Å². The van der Waals surface area contributed by atoms with E-state index in [-0.39, 0.29) is 10.6 Å². The third-order valence-corrected chi connectivity index (χ3v) is 8.63. The number of rotatable bonds is 3. The molecular formula is C14H18N2O5S2. The van der Waals surface area contributed by atoms with Crippen LogP contribution in [0.3, 0.4) is 0 Å². The second-order valence-electron chi connectivity index (χ2n) is 5.33. The molecule has 0 unspecified atom stereocenters. The van der Waals surface area contributed by atoms with Crippen LogP contribution in [0.2, 0.25) is 0 Å². The Balaban J connectivity index is 2.54. The van der Waals surface area contributed by atoms with Gasteiger partial charge < -0.3 is 10.3 Å². The molecule has 2 rings (SSSR count). The maximum atomic E-state index is 12.7. The minimum absolute atomic E-state index is 0.00695. The molecule has 0 aliphatic heterocycles. The van der Waals surface area contributed by atoms with Gasteiger partial charge in [-0.2, -0.15) is 0 Å². The molecule has 1 fully saturated rings. The topological polar surface area (TPSA) is 114 Å². The molecule has 0 radical (unpaired) electrons. The van der Waals surface area contributed by atoms with Gasteiger partial charge in [-0.15, -0.1) is 4.79 Å². The maximum Gasteiger partial charge on any atom is 0.500 e. The smallest absolute Gasteiger partial charge is 0.495 e. The summed E-state index contributed by atoms with van der Waals surface area (Å²) in [6.07, 6.45) is 3.05. The van der Waals surface area contributed by atoms with Crippen LogP contribution in [-0.4, -0.2) is 38.4 Å². The van der Waals surface area contributed by atoms with Gasteiger partial charge in [0.05, 0.1) is 12.4 Å². The van der Waals surface area contributed by atoms with Crippen molar-refractivity contribution in [2.45, 2.75) is 42.2 Å². The molecule has 0 heterocycles. The van der Waals surface area contributed by atoms with Crippen LogP contribution in [0.4, 0.5) is 0 Å². The lowest BCUT2D eigenvalue weighted by Gasteiger charge is -2.19. The Hall–Kier alpha value is -1.70. The lowest BCUT2D eigenvalue weighted by Crippen LogP contribution is -2.35. The van der Waals surface area contributed by atoms with E-state index < -0.39 is 29.3 Å². The van der Waals surface area contributed by atoms with Gasteiger partial charge in [0.2, 0.25) is 0 Å². The first-order chi connectivity index (χ1) is 10.9. The molecule has 0 aromatic heterocycles. The van der Waals surface area contributed by atoms with Crippen molar-refractivity contribution in [1.29, 1.82) is 0 Å². The van der Waals surface area contributed by atoms with E-state index in [2.05, 4.69) is 4.79 Å². The van der Waals surface area contributed by atoms with E-state index in [4.69, 9.17) is 10.3 Å². The number of methoxy groups -OCH3 is 1. The van der Waals surface area contributed by atoms with E-state index in [1.807, 2.05) is 0 Å². The fraction of sp³-hybridized carbons (Fsp3) is 0.500. The van der Waals surface area contributed by atoms with Crippen molar-refractivity contribution in [2.24, 2.45) is 0 Å². The normalized spacial score (nSPS) is 16.6. The molecule has 0 amide bonds. The van der Waals surface area contributed by atoms with Crippen LogP contribution >= 0.6 is 0 Å². The van der Waals surface area contributed by atoms with Crippen LogP contribution < -0.4 is 4.74 Å². The molecule has 0 bridgehead atoms. The molecule has 1 saturated carbocycles. The quantitative estimate of drug-likeness (QED) is 0.354. The lowest BCUT2D eigenvalue weighted by atomic mass is 10.0. The first kappa shape index (κ1) is 17.7. The number of benzene rings is 1. The van der Waals surface area contributed by atoms with Gasteiger partial charge in [0, 0.05) is 0 Å². The summed E-state index contributed by atoms with van der Waals surface area (Å²) in [6.45, 7) is 0. The molecule has 1 aliphatic carbocycles. The van der Waals surface area contributed by atoms with Gasteiger partial charge in [0.1, 0.15) is 10.6 Å². The zero-order chi connectivity index (χ0) is 17.1. The number of hydrogen-bond acceptors (Lipinski definition) is 5. The van der Waals surface area contributed by atoms with Gasteiger partial charge in [-0.25, -0.2) is 16.8 Å². The van der Waals surface area contributed by atoms with E-state index >= 15 is 0 Å². The first-order valence-corrected chi connectivity index (χ1v) is 10.2. The van der Waals surface area contributed by atoms with E-state index in [1.54, 1.807) is 6.07 Å². The molecule has 9 heteroatoms. The summed E-state index contributed by atoms with van der Waals surface area (Å²) in [5.74, 6) is -0.00695. The highest BCUT2D eigenvalue weighted by Gasteiger charge is 2.48. The minimum Gasteiger partial charge on any atom is -0.495 e. The number of ether oxygens (including phenoxy) is 1. The van der Waals surface area contributed by atoms with Crippen LogP contribution in [0.5, 0.6) is 5.75 Å². The zero-order valence-electron chi connectivity index (χ0n) is 12.7. The highest BCUT2D eigenvalue weighted by molar-refractivity contribution is 8.31. The summed E-state index contributed by atoms with van der Waals surface area (Å²) in [5.41, 5.74) is 9.14. The highest BCUT2D eigenvalue weighted by atomic mass is 32.3. The molecule has 7 nitrogen and oxygen atoms in total. The van der Waals surface area contributed by atoms with E-state index in [9.17, 15) is 16.8 Å². The van der Waals surface area contributed by atoms with Crippen molar-refractivity contribution in [2.75, 3.05) is 7.11 Å². The third kappa shape index (κ3) is 3.31. The van der Waals surface area contributed by atoms with Crippen LogP contribution in [0.15, 0.2) is 29.2 Å². The summed E-state index contributed by atoms with van der Waals surface area (Å²) < 4.78 is 54.4. The second-order valence-corrected chi connectivity index (χ2v) is 9.56. The number of hydrogen-bond donors (Lipinski definition) is 0. The SMILES string of the molecule is COc1ccccc1S(=O)(=O)C(=[N+]=[N-])S(=O)(=O)C1CCCCC1. The van der Waals surface area contributed by atoms with Crippen molar-refractivity contribution in [3.63, 3.8) is 0 Å². The van der Waals surface area contributed by atoms with Crippen molar-refractivity contribution in [3.05, 3.63) is 29.8 Å². The fourth-order valence-corrected chi connectivity index (χ4v) is 6.94. The van der Waals surface area contributed by atoms with Gasteiger partial charge in [-0.05, 0) is 25.0 Å². The van der Waals surface area contributed by atoms with E-state index in [0.717, 1.165) is 6.42 Å². The Kier molecular flexibility index (Phi) is 5.23. The number of para-hydroxylation sites is 1. The Bertz CT molecular complexity index is 834. The highest BCUT2D eigenvalue weighted by Crippen LogP contribution is 2.30. The average molecular weight is 358 g/mol. The number of sulfone groups is 2. The monoisotopic (exact) mass is 358 g/mol. The van der Waals surface area contributed by atoms with Gasteiger partial charge in [0.25, 0.3) is 19.7 Å². The predicted molar refractivity (Wildman–Crippen MR) is 84.6 cm³/mol. The van der Waals surface area contributed by atoms with Crippen molar-refractivity contribution in [3.8, 4) is 5.75 Å². The zero-order valence-corrected chi connectivity index (χ0v) is 14.3. The molecule has 0 atom stereocenters. The van der Waals surface area contributed by atoms with Crippen molar-refractivity contribution in [1.82, 2.24) is 0 Å². The molecular weight excluding hydrogens is 340 g/mol. The van der Waals surface area contributed by atoms with Gasteiger partial charge in [-0.3, -0.25) is 0 Å². The molecule has 1 aromatic carbocycles. The molecule has 1 aliphatic rings. The Morgan fingerprint density at radius 1 is 1.13 bits per heavy atom. The average Bonchev–Trinajstić information content (AvgIpc) is 2.55. The summed E-state index contributed by atoms with van der Waals surface area (Å²) in [7, 11) is -7.48. The lowest BCUT2D eigenvalue weighted by molar-refractivity contribution is 0.00369. The fourth-order valence-electron chi connectivity index (χ4n) is 2.72. The summed E-state index contributed by atoms with van der Waals surface area (Å²) in [5, 5.41) is -0.841. The predicted octanol–water partition coefficient (Wildman–Crippen LogP) is 1.80. The van der Waals surface area contributed by atoms with Crippen LogP contribution in [0, 0.1) is 0 Å². The Morgan fingerprint density at radius 3 is 2.30 bits per heavy atom. The molecule has 23 heavy (non-hydrogen) atoms. The largest absolute Gasteiger partial charge is 0.500 e. The molecule has 0 N–H and O–H groups in total. The summed E-state index contributed by atoms with van der Waals surface area (Å²) in [6, 6.07) is 5.62. The molecule has 0 saturated heterocycles. The summed E-state index contributed by atoms with van der Waals surface area (Å²) in [4.78, 5) is 2.31. The minimum atomic E-state index is -4.51. The molecule has 0 spiro atoms. The van der Waals surface area contributed by atoms with Crippen molar-refractivity contribution >= 4 is 24.1 Å². The third-order valence-electron chi connectivity index (χ3n) is 3.90. The second kappa shape index (κ2) is 6.82. The maximum absolute atomic E-state index is 12.7. The van der Waals surface area contributed by atoms with Crippen LogP contribution in [-0.2, 0) is 19.7 Å². The molecule has 126 valence electrons.